The van der Waals surface area contributed by atoms with Gasteiger partial charge in [-0.05, 0) is 42.0 Å². The van der Waals surface area contributed by atoms with E-state index in [4.69, 9.17) is 19.9 Å². The second-order valence-corrected chi connectivity index (χ2v) is 9.11. The van der Waals surface area contributed by atoms with Gasteiger partial charge in [0.25, 0.3) is 0 Å². The third-order valence-corrected chi connectivity index (χ3v) is 6.98. The van der Waals surface area contributed by atoms with Gasteiger partial charge in [0.2, 0.25) is 17.6 Å². The lowest BCUT2D eigenvalue weighted by Gasteiger charge is -2.18. The number of carbonyl (C=O) groups excluding carboxylic acids is 2. The Bertz CT molecular complexity index is 1510. The van der Waals surface area contributed by atoms with Crippen molar-refractivity contribution < 1.29 is 28.2 Å². The summed E-state index contributed by atoms with van der Waals surface area (Å²) in [5.41, 5.74) is 6.81. The third-order valence-electron chi connectivity index (χ3n) is 5.81. The number of nitriles is 2. The molecule has 0 aliphatic carbocycles. The summed E-state index contributed by atoms with van der Waals surface area (Å²) in [5, 5.41) is 19.1. The largest absolute Gasteiger partial charge is 0.493 e. The lowest BCUT2D eigenvalue weighted by molar-refractivity contribution is -0.121. The molecule has 3 aromatic rings. The molecule has 192 valence electrons. The maximum absolute atomic E-state index is 13.3. The van der Waals surface area contributed by atoms with E-state index in [-0.39, 0.29) is 51.1 Å². The van der Waals surface area contributed by atoms with Crippen molar-refractivity contribution in [2.45, 2.75) is 16.7 Å². The Morgan fingerprint density at radius 1 is 1.03 bits per heavy atom. The number of nitrogens with two attached hydrogens (primary N) is 1. The molecular formula is C26H20FN5O5S. The van der Waals surface area contributed by atoms with Crippen LogP contribution in [0.2, 0.25) is 0 Å². The minimum Gasteiger partial charge on any atom is -0.493 e. The molecule has 0 spiro atoms. The highest BCUT2D eigenvalue weighted by atomic mass is 32.2. The van der Waals surface area contributed by atoms with Crippen LogP contribution >= 0.6 is 11.8 Å². The van der Waals surface area contributed by atoms with Crippen LogP contribution in [0, 0.1) is 28.5 Å². The van der Waals surface area contributed by atoms with Gasteiger partial charge in [0, 0.05) is 12.0 Å². The molecule has 0 bridgehead atoms. The second kappa shape index (κ2) is 10.7. The van der Waals surface area contributed by atoms with Crippen molar-refractivity contribution in [3.05, 3.63) is 53.3 Å². The predicted molar refractivity (Wildman–Crippen MR) is 136 cm³/mol. The Balaban J connectivity index is 1.82. The minimum atomic E-state index is -0.924. The topological polar surface area (TPSA) is 152 Å². The van der Waals surface area contributed by atoms with Gasteiger partial charge in [0.05, 0.1) is 37.8 Å². The Kier molecular flexibility index (Phi) is 7.37. The quantitative estimate of drug-likeness (QED) is 0.445. The second-order valence-electron chi connectivity index (χ2n) is 7.92. The Hall–Kier alpha value is -4.81. The molecular weight excluding hydrogens is 513 g/mol. The molecule has 2 aromatic carbocycles. The van der Waals surface area contributed by atoms with Gasteiger partial charge in [-0.1, -0.05) is 11.8 Å². The summed E-state index contributed by atoms with van der Waals surface area (Å²) in [4.78, 5) is 31.0. The number of nitrogen functional groups attached to an aromatic ring is 1. The standard InChI is InChI=1S/C26H20FN5O5S/c1-35-18-8-13(9-19(36-2)23(18)37-3)22-16(11-28)24(30)31-25(17(22)12-29)38-20-10-21(33)32(26(20)34)15-6-4-14(27)5-7-15/h4-9,20H,10H2,1-3H3,(H2,30,31). The van der Waals surface area contributed by atoms with Crippen molar-refractivity contribution in [1.29, 1.82) is 10.5 Å². The number of aromatic nitrogens is 1. The number of thioether (sulfide) groups is 1. The zero-order chi connectivity index (χ0) is 27.6. The Morgan fingerprint density at radius 3 is 2.16 bits per heavy atom. The number of pyridine rings is 1. The summed E-state index contributed by atoms with van der Waals surface area (Å²) in [6, 6.07) is 12.1. The van der Waals surface area contributed by atoms with E-state index in [1.165, 1.54) is 33.5 Å². The van der Waals surface area contributed by atoms with E-state index in [9.17, 15) is 24.5 Å². The molecule has 4 rings (SSSR count). The van der Waals surface area contributed by atoms with E-state index < -0.39 is 22.9 Å². The molecule has 1 unspecified atom stereocenters. The number of amides is 2. The highest BCUT2D eigenvalue weighted by molar-refractivity contribution is 8.00. The van der Waals surface area contributed by atoms with Crippen LogP contribution in [0.15, 0.2) is 41.4 Å². The normalized spacial score (nSPS) is 14.7. The summed E-state index contributed by atoms with van der Waals surface area (Å²) in [6.07, 6.45) is -0.174. The monoisotopic (exact) mass is 533 g/mol. The smallest absolute Gasteiger partial charge is 0.247 e. The number of hydrogen-bond acceptors (Lipinski definition) is 10. The highest BCUT2D eigenvalue weighted by Crippen LogP contribution is 2.45. The van der Waals surface area contributed by atoms with Crippen molar-refractivity contribution in [3.8, 4) is 40.5 Å². The van der Waals surface area contributed by atoms with Crippen LogP contribution in [0.25, 0.3) is 11.1 Å². The summed E-state index contributed by atoms with van der Waals surface area (Å²) < 4.78 is 29.5. The van der Waals surface area contributed by atoms with Gasteiger partial charge in [-0.25, -0.2) is 14.3 Å². The number of nitrogens with zero attached hydrogens (tertiary/aromatic N) is 4. The molecule has 1 aliphatic heterocycles. The molecule has 38 heavy (non-hydrogen) atoms. The first-order chi connectivity index (χ1) is 18.3. The molecule has 1 fully saturated rings. The van der Waals surface area contributed by atoms with Crippen LogP contribution < -0.4 is 24.8 Å². The number of anilines is 2. The van der Waals surface area contributed by atoms with Crippen molar-refractivity contribution >= 4 is 35.1 Å². The van der Waals surface area contributed by atoms with E-state index in [2.05, 4.69) is 11.1 Å². The summed E-state index contributed by atoms with van der Waals surface area (Å²) >= 11 is 0.889. The number of methoxy groups -OCH3 is 3. The van der Waals surface area contributed by atoms with Crippen LogP contribution in [-0.2, 0) is 9.59 Å². The number of ether oxygens (including phenoxy) is 3. The van der Waals surface area contributed by atoms with Crippen LogP contribution in [0.4, 0.5) is 15.9 Å². The van der Waals surface area contributed by atoms with Gasteiger partial charge in [-0.15, -0.1) is 0 Å². The van der Waals surface area contributed by atoms with Crippen LogP contribution in [0.1, 0.15) is 17.5 Å². The molecule has 1 atom stereocenters. The summed E-state index contributed by atoms with van der Waals surface area (Å²) in [5.74, 6) is -0.822. The van der Waals surface area contributed by atoms with Crippen LogP contribution in [0.3, 0.4) is 0 Å². The van der Waals surface area contributed by atoms with Crippen molar-refractivity contribution in [1.82, 2.24) is 4.98 Å². The van der Waals surface area contributed by atoms with Crippen molar-refractivity contribution in [2.75, 3.05) is 32.0 Å². The zero-order valence-electron chi connectivity index (χ0n) is 20.4. The Morgan fingerprint density at radius 2 is 1.63 bits per heavy atom. The third kappa shape index (κ3) is 4.53. The average Bonchev–Trinajstić information content (AvgIpc) is 3.19. The fourth-order valence-corrected chi connectivity index (χ4v) is 5.21. The van der Waals surface area contributed by atoms with Crippen LogP contribution in [-0.4, -0.2) is 43.4 Å². The number of benzene rings is 2. The molecule has 10 nitrogen and oxygen atoms in total. The molecule has 0 radical (unpaired) electrons. The molecule has 1 aromatic heterocycles. The molecule has 1 saturated heterocycles. The molecule has 1 aliphatic rings. The van der Waals surface area contributed by atoms with Gasteiger partial charge in [-0.2, -0.15) is 10.5 Å². The molecule has 12 heteroatoms. The van der Waals surface area contributed by atoms with E-state index in [0.29, 0.717) is 11.3 Å². The molecule has 2 heterocycles. The number of imide groups is 1. The summed E-state index contributed by atoms with van der Waals surface area (Å²) in [6.45, 7) is 0. The highest BCUT2D eigenvalue weighted by Gasteiger charge is 2.41. The maximum atomic E-state index is 13.3. The van der Waals surface area contributed by atoms with E-state index in [0.717, 1.165) is 28.8 Å². The van der Waals surface area contributed by atoms with Gasteiger partial charge in [0.15, 0.2) is 11.5 Å². The fourth-order valence-electron chi connectivity index (χ4n) is 4.09. The predicted octanol–water partition coefficient (Wildman–Crippen LogP) is 3.66. The first kappa shape index (κ1) is 26.3. The number of halogens is 1. The van der Waals surface area contributed by atoms with Gasteiger partial charge in [-0.3, -0.25) is 9.59 Å². The minimum absolute atomic E-state index is 0.0181. The fraction of sp³-hybridized carbons (Fsp3) is 0.192. The summed E-state index contributed by atoms with van der Waals surface area (Å²) in [7, 11) is 4.29. The first-order valence-electron chi connectivity index (χ1n) is 11.0. The molecule has 2 N–H and O–H groups in total. The van der Waals surface area contributed by atoms with Crippen molar-refractivity contribution in [3.63, 3.8) is 0 Å². The van der Waals surface area contributed by atoms with Gasteiger partial charge >= 0.3 is 0 Å². The van der Waals surface area contributed by atoms with Gasteiger partial charge < -0.3 is 19.9 Å². The van der Waals surface area contributed by atoms with E-state index in [1.54, 1.807) is 12.1 Å². The molecule has 2 amide bonds. The maximum Gasteiger partial charge on any atom is 0.247 e. The van der Waals surface area contributed by atoms with Crippen molar-refractivity contribution in [2.24, 2.45) is 0 Å². The van der Waals surface area contributed by atoms with Gasteiger partial charge in [0.1, 0.15) is 34.4 Å². The molecule has 0 saturated carbocycles. The lowest BCUT2D eigenvalue weighted by Crippen LogP contribution is -2.31. The number of hydrogen-bond donors (Lipinski definition) is 1. The Labute approximate surface area is 221 Å². The first-order valence-corrected chi connectivity index (χ1v) is 11.9. The lowest BCUT2D eigenvalue weighted by atomic mass is 9.96. The average molecular weight is 534 g/mol. The number of rotatable bonds is 7. The SMILES string of the molecule is COc1cc(-c2c(C#N)c(N)nc(SC3CC(=O)N(c4ccc(F)cc4)C3=O)c2C#N)cc(OC)c1OC. The van der Waals surface area contributed by atoms with E-state index in [1.807, 2.05) is 6.07 Å². The number of carbonyl (C=O) groups is 2. The van der Waals surface area contributed by atoms with E-state index >= 15 is 0 Å². The van der Waals surface area contributed by atoms with Crippen LogP contribution in [0.5, 0.6) is 17.2 Å². The zero-order valence-corrected chi connectivity index (χ0v) is 21.3.